The standard InChI is InChI=1S/C18H17IN2O2/c19-14-6-2-4-8-16(14)20-17(22)10-9-13-11-12-5-1-3-7-15(12)21-18(13)23/h1-8,13H,9-11H2,(H,20,22)(H,21,23)/t13-/m0/s1. The van der Waals surface area contributed by atoms with Gasteiger partial charge in [0.2, 0.25) is 11.8 Å². The van der Waals surface area contributed by atoms with Crippen molar-refractivity contribution in [2.45, 2.75) is 19.3 Å². The lowest BCUT2D eigenvalue weighted by Gasteiger charge is -2.24. The SMILES string of the molecule is O=C(CC[C@H]1Cc2ccccc2NC1=O)Nc1ccccc1I. The molecule has 2 aromatic rings. The minimum atomic E-state index is -0.148. The molecule has 0 saturated heterocycles. The largest absolute Gasteiger partial charge is 0.326 e. The smallest absolute Gasteiger partial charge is 0.227 e. The van der Waals surface area contributed by atoms with Gasteiger partial charge in [0, 0.05) is 21.6 Å². The molecule has 0 fully saturated rings. The van der Waals surface area contributed by atoms with E-state index < -0.39 is 0 Å². The van der Waals surface area contributed by atoms with Crippen LogP contribution in [0, 0.1) is 9.49 Å². The highest BCUT2D eigenvalue weighted by Crippen LogP contribution is 2.27. The summed E-state index contributed by atoms with van der Waals surface area (Å²) in [7, 11) is 0. The molecule has 0 unspecified atom stereocenters. The number of halogens is 1. The van der Waals surface area contributed by atoms with Crippen molar-refractivity contribution in [3.63, 3.8) is 0 Å². The monoisotopic (exact) mass is 420 g/mol. The molecule has 0 aliphatic carbocycles. The van der Waals surface area contributed by atoms with Crippen LogP contribution in [0.25, 0.3) is 0 Å². The van der Waals surface area contributed by atoms with Crippen LogP contribution < -0.4 is 10.6 Å². The second-order valence-electron chi connectivity index (χ2n) is 5.61. The van der Waals surface area contributed by atoms with E-state index in [9.17, 15) is 9.59 Å². The Morgan fingerprint density at radius 2 is 1.91 bits per heavy atom. The van der Waals surface area contributed by atoms with Crippen molar-refractivity contribution in [3.05, 3.63) is 57.7 Å². The van der Waals surface area contributed by atoms with Crippen molar-refractivity contribution >= 4 is 45.8 Å². The van der Waals surface area contributed by atoms with E-state index in [0.717, 1.165) is 20.5 Å². The molecular formula is C18H17IN2O2. The average Bonchev–Trinajstić information content (AvgIpc) is 2.55. The van der Waals surface area contributed by atoms with E-state index in [0.29, 0.717) is 19.3 Å². The molecule has 3 rings (SSSR count). The van der Waals surface area contributed by atoms with E-state index >= 15 is 0 Å². The van der Waals surface area contributed by atoms with Gasteiger partial charge in [0.25, 0.3) is 0 Å². The Balaban J connectivity index is 1.57. The van der Waals surface area contributed by atoms with Crippen molar-refractivity contribution in [3.8, 4) is 0 Å². The van der Waals surface area contributed by atoms with Gasteiger partial charge in [-0.3, -0.25) is 9.59 Å². The molecule has 1 heterocycles. The summed E-state index contributed by atoms with van der Waals surface area (Å²) >= 11 is 2.19. The molecule has 1 atom stereocenters. The summed E-state index contributed by atoms with van der Waals surface area (Å²) in [5.74, 6) is -0.197. The Kier molecular flexibility index (Phi) is 4.95. The first-order valence-corrected chi connectivity index (χ1v) is 8.64. The quantitative estimate of drug-likeness (QED) is 0.740. The number of benzene rings is 2. The number of nitrogens with one attached hydrogen (secondary N) is 2. The summed E-state index contributed by atoms with van der Waals surface area (Å²) in [5.41, 5.74) is 2.84. The Hall–Kier alpha value is -1.89. The minimum Gasteiger partial charge on any atom is -0.326 e. The first-order chi connectivity index (χ1) is 11.1. The lowest BCUT2D eigenvalue weighted by atomic mass is 9.89. The number of amides is 2. The Labute approximate surface area is 148 Å². The van der Waals surface area contributed by atoms with Crippen molar-refractivity contribution in [2.75, 3.05) is 10.6 Å². The molecule has 0 aromatic heterocycles. The van der Waals surface area contributed by atoms with Crippen LogP contribution >= 0.6 is 22.6 Å². The molecule has 4 nitrogen and oxygen atoms in total. The third-order valence-corrected chi connectivity index (χ3v) is 4.92. The van der Waals surface area contributed by atoms with Gasteiger partial charge < -0.3 is 10.6 Å². The lowest BCUT2D eigenvalue weighted by molar-refractivity contribution is -0.121. The maximum Gasteiger partial charge on any atom is 0.227 e. The predicted octanol–water partition coefficient (Wildman–Crippen LogP) is 3.82. The van der Waals surface area contributed by atoms with E-state index in [-0.39, 0.29) is 17.7 Å². The van der Waals surface area contributed by atoms with Gasteiger partial charge in [-0.1, -0.05) is 30.3 Å². The number of para-hydroxylation sites is 2. The molecule has 2 aromatic carbocycles. The first kappa shape index (κ1) is 16.0. The second kappa shape index (κ2) is 7.12. The zero-order chi connectivity index (χ0) is 16.2. The highest BCUT2D eigenvalue weighted by molar-refractivity contribution is 14.1. The highest BCUT2D eigenvalue weighted by Gasteiger charge is 2.26. The van der Waals surface area contributed by atoms with E-state index in [1.54, 1.807) is 0 Å². The van der Waals surface area contributed by atoms with Crippen molar-refractivity contribution in [1.29, 1.82) is 0 Å². The van der Waals surface area contributed by atoms with Crippen LogP contribution in [0.1, 0.15) is 18.4 Å². The molecule has 0 bridgehead atoms. The van der Waals surface area contributed by atoms with Crippen LogP contribution in [-0.2, 0) is 16.0 Å². The van der Waals surface area contributed by atoms with Gasteiger partial charge >= 0.3 is 0 Å². The fraction of sp³-hybridized carbons (Fsp3) is 0.222. The maximum atomic E-state index is 12.1. The Bertz CT molecular complexity index is 745. The minimum absolute atomic E-state index is 0.00536. The number of rotatable bonds is 4. The van der Waals surface area contributed by atoms with Gasteiger partial charge in [-0.2, -0.15) is 0 Å². The van der Waals surface area contributed by atoms with Crippen LogP contribution in [0.5, 0.6) is 0 Å². The molecule has 5 heteroatoms. The van der Waals surface area contributed by atoms with Crippen LogP contribution in [0.4, 0.5) is 11.4 Å². The van der Waals surface area contributed by atoms with Crippen LogP contribution in [0.15, 0.2) is 48.5 Å². The third-order valence-electron chi connectivity index (χ3n) is 3.98. The van der Waals surface area contributed by atoms with Gasteiger partial charge in [-0.15, -0.1) is 0 Å². The summed E-state index contributed by atoms with van der Waals surface area (Å²) in [6.07, 6.45) is 1.58. The molecule has 2 amide bonds. The van der Waals surface area contributed by atoms with E-state index in [2.05, 4.69) is 33.2 Å². The van der Waals surface area contributed by atoms with Gasteiger partial charge in [0.1, 0.15) is 0 Å². The van der Waals surface area contributed by atoms with Gasteiger partial charge in [-0.05, 0) is 59.2 Å². The molecule has 2 N–H and O–H groups in total. The topological polar surface area (TPSA) is 58.2 Å². The lowest BCUT2D eigenvalue weighted by Crippen LogP contribution is -2.30. The Morgan fingerprint density at radius 3 is 2.74 bits per heavy atom. The number of carbonyl (C=O) groups excluding carboxylic acids is 2. The van der Waals surface area contributed by atoms with E-state index in [4.69, 9.17) is 0 Å². The van der Waals surface area contributed by atoms with Crippen LogP contribution in [0.2, 0.25) is 0 Å². The van der Waals surface area contributed by atoms with Gasteiger partial charge in [0.05, 0.1) is 5.69 Å². The maximum absolute atomic E-state index is 12.1. The molecule has 0 radical (unpaired) electrons. The number of fused-ring (bicyclic) bond motifs is 1. The fourth-order valence-corrected chi connectivity index (χ4v) is 3.25. The summed E-state index contributed by atoms with van der Waals surface area (Å²) in [6.45, 7) is 0. The number of hydrogen-bond donors (Lipinski definition) is 2. The van der Waals surface area contributed by atoms with Crippen molar-refractivity contribution < 1.29 is 9.59 Å². The summed E-state index contributed by atoms with van der Waals surface area (Å²) < 4.78 is 1.00. The van der Waals surface area contributed by atoms with Crippen molar-refractivity contribution in [1.82, 2.24) is 0 Å². The third kappa shape index (κ3) is 3.90. The molecule has 0 saturated carbocycles. The number of anilines is 2. The van der Waals surface area contributed by atoms with Gasteiger partial charge in [0.15, 0.2) is 0 Å². The number of hydrogen-bond acceptors (Lipinski definition) is 2. The van der Waals surface area contributed by atoms with Crippen LogP contribution in [-0.4, -0.2) is 11.8 Å². The summed E-state index contributed by atoms with van der Waals surface area (Å²) in [4.78, 5) is 24.3. The first-order valence-electron chi connectivity index (χ1n) is 7.56. The number of carbonyl (C=O) groups is 2. The normalized spacial score (nSPS) is 16.4. The Morgan fingerprint density at radius 1 is 1.17 bits per heavy atom. The zero-order valence-corrected chi connectivity index (χ0v) is 14.7. The molecular weight excluding hydrogens is 403 g/mol. The van der Waals surface area contributed by atoms with E-state index in [1.165, 1.54) is 0 Å². The second-order valence-corrected chi connectivity index (χ2v) is 6.78. The molecule has 1 aliphatic rings. The molecule has 0 spiro atoms. The van der Waals surface area contributed by atoms with E-state index in [1.807, 2.05) is 48.5 Å². The van der Waals surface area contributed by atoms with Crippen molar-refractivity contribution in [2.24, 2.45) is 5.92 Å². The summed E-state index contributed by atoms with van der Waals surface area (Å²) in [6, 6.07) is 15.5. The van der Waals surface area contributed by atoms with Crippen LogP contribution in [0.3, 0.4) is 0 Å². The highest BCUT2D eigenvalue weighted by atomic mass is 127. The summed E-state index contributed by atoms with van der Waals surface area (Å²) in [5, 5.41) is 5.83. The molecule has 23 heavy (non-hydrogen) atoms. The fourth-order valence-electron chi connectivity index (χ4n) is 2.73. The van der Waals surface area contributed by atoms with Gasteiger partial charge in [-0.25, -0.2) is 0 Å². The zero-order valence-electron chi connectivity index (χ0n) is 12.5. The molecule has 118 valence electrons. The predicted molar refractivity (Wildman–Crippen MR) is 99.3 cm³/mol. The molecule has 1 aliphatic heterocycles. The average molecular weight is 420 g/mol.